The van der Waals surface area contributed by atoms with Crippen LogP contribution in [0.2, 0.25) is 5.02 Å². The predicted octanol–water partition coefficient (Wildman–Crippen LogP) is 4.80. The fourth-order valence-electron chi connectivity index (χ4n) is 4.81. The fraction of sp³-hybridized carbons (Fsp3) is 0.370. The smallest absolute Gasteiger partial charge is 0.263 e. The van der Waals surface area contributed by atoms with Crippen molar-refractivity contribution in [1.29, 1.82) is 0 Å². The number of aryl methyl sites for hydroxylation is 1. The van der Waals surface area contributed by atoms with E-state index in [1.807, 2.05) is 54.3 Å². The van der Waals surface area contributed by atoms with Gasteiger partial charge < -0.3 is 19.4 Å². The summed E-state index contributed by atoms with van der Waals surface area (Å²) in [7, 11) is 0. The molecule has 3 aromatic rings. The topological polar surface area (TPSA) is 61.8 Å². The van der Waals surface area contributed by atoms with Crippen LogP contribution in [0.25, 0.3) is 0 Å². The zero-order chi connectivity index (χ0) is 24.2. The number of piperazine rings is 1. The molecule has 0 radical (unpaired) electrons. The molecule has 2 aliphatic rings. The molecule has 8 heteroatoms. The monoisotopic (exact) mass is 491 g/mol. The van der Waals surface area contributed by atoms with Gasteiger partial charge in [0.2, 0.25) is 5.91 Å². The van der Waals surface area contributed by atoms with Crippen LogP contribution in [-0.2, 0) is 4.79 Å². The average Bonchev–Trinajstić information content (AvgIpc) is 2.90. The van der Waals surface area contributed by atoms with Crippen LogP contribution in [0.3, 0.4) is 0 Å². The molecule has 0 unspecified atom stereocenters. The number of ether oxygens (including phenoxy) is 1. The third kappa shape index (κ3) is 5.51. The Morgan fingerprint density at radius 2 is 1.74 bits per heavy atom. The van der Waals surface area contributed by atoms with E-state index < -0.39 is 0 Å². The summed E-state index contributed by atoms with van der Waals surface area (Å²) in [6.45, 7) is 6.54. The van der Waals surface area contributed by atoms with Gasteiger partial charge in [0.1, 0.15) is 5.75 Å². The number of amides is 1. The van der Waals surface area contributed by atoms with E-state index in [2.05, 4.69) is 25.8 Å². The average molecular weight is 492 g/mol. The molecule has 0 bridgehead atoms. The molecule has 0 N–H and O–H groups in total. The van der Waals surface area contributed by atoms with E-state index >= 15 is 0 Å². The molecule has 7 nitrogen and oxygen atoms in total. The molecule has 1 amide bonds. The lowest BCUT2D eigenvalue weighted by Gasteiger charge is -2.40. The Labute approximate surface area is 211 Å². The highest BCUT2D eigenvalue weighted by atomic mass is 35.5. The Kier molecular flexibility index (Phi) is 7.04. The number of halogens is 1. The van der Waals surface area contributed by atoms with Crippen molar-refractivity contribution < 1.29 is 9.53 Å². The number of nitrogens with zero attached hydrogens (tertiary/aromatic N) is 5. The first-order valence-corrected chi connectivity index (χ1v) is 12.5. The van der Waals surface area contributed by atoms with Crippen molar-refractivity contribution in [3.05, 3.63) is 71.5 Å². The summed E-state index contributed by atoms with van der Waals surface area (Å²) in [5, 5.41) is 0.734. The van der Waals surface area contributed by atoms with Crippen LogP contribution in [0.1, 0.15) is 18.4 Å². The highest BCUT2D eigenvalue weighted by Gasteiger charge is 2.32. The number of carbonyl (C=O) groups is 1. The summed E-state index contributed by atoms with van der Waals surface area (Å²) < 4.78 is 6.07. The second kappa shape index (κ2) is 10.5. The zero-order valence-corrected chi connectivity index (χ0v) is 20.7. The second-order valence-electron chi connectivity index (χ2n) is 9.18. The van der Waals surface area contributed by atoms with Crippen LogP contribution < -0.4 is 14.5 Å². The SMILES string of the molecule is Cc1ccc(Oc2nccnc2N2CCC[C@@H](C(=O)N3CCN(c4cccc(Cl)c4)CC3)C2)cc1. The van der Waals surface area contributed by atoms with Crippen LogP contribution >= 0.6 is 11.6 Å². The largest absolute Gasteiger partial charge is 0.436 e. The molecule has 182 valence electrons. The normalized spacial score (nSPS) is 18.5. The molecule has 2 fully saturated rings. The Bertz CT molecular complexity index is 1160. The molecule has 2 saturated heterocycles. The number of piperidine rings is 1. The van der Waals surface area contributed by atoms with Crippen molar-refractivity contribution in [3.63, 3.8) is 0 Å². The van der Waals surface area contributed by atoms with E-state index in [4.69, 9.17) is 16.3 Å². The van der Waals surface area contributed by atoms with Gasteiger partial charge in [-0.3, -0.25) is 4.79 Å². The van der Waals surface area contributed by atoms with Gasteiger partial charge in [-0.2, -0.15) is 0 Å². The van der Waals surface area contributed by atoms with Gasteiger partial charge in [0.05, 0.1) is 5.92 Å². The van der Waals surface area contributed by atoms with Crippen molar-refractivity contribution >= 4 is 29.0 Å². The molecule has 2 aromatic carbocycles. The van der Waals surface area contributed by atoms with Crippen molar-refractivity contribution in [2.45, 2.75) is 19.8 Å². The van der Waals surface area contributed by atoms with E-state index in [-0.39, 0.29) is 11.8 Å². The Morgan fingerprint density at radius 3 is 2.51 bits per heavy atom. The lowest BCUT2D eigenvalue weighted by molar-refractivity contribution is -0.136. The third-order valence-corrected chi connectivity index (χ3v) is 6.95. The number of carbonyl (C=O) groups excluding carboxylic acids is 1. The van der Waals surface area contributed by atoms with Gasteiger partial charge >= 0.3 is 0 Å². The first kappa shape index (κ1) is 23.4. The Morgan fingerprint density at radius 1 is 0.971 bits per heavy atom. The molecular formula is C27H30ClN5O2. The summed E-state index contributed by atoms with van der Waals surface area (Å²) in [5.41, 5.74) is 2.28. The molecule has 5 rings (SSSR count). The van der Waals surface area contributed by atoms with Crippen LogP contribution in [0.5, 0.6) is 11.6 Å². The van der Waals surface area contributed by atoms with Gasteiger partial charge in [0, 0.05) is 62.4 Å². The molecule has 0 aliphatic carbocycles. The molecule has 0 spiro atoms. The van der Waals surface area contributed by atoms with Crippen LogP contribution in [0.15, 0.2) is 60.9 Å². The molecule has 0 saturated carbocycles. The van der Waals surface area contributed by atoms with Crippen LogP contribution in [0.4, 0.5) is 11.5 Å². The van der Waals surface area contributed by atoms with Crippen LogP contribution in [-0.4, -0.2) is 60.0 Å². The Hall–Kier alpha value is -3.32. The van der Waals surface area contributed by atoms with E-state index in [0.29, 0.717) is 18.2 Å². The highest BCUT2D eigenvalue weighted by molar-refractivity contribution is 6.30. The van der Waals surface area contributed by atoms with E-state index in [1.165, 1.54) is 5.56 Å². The van der Waals surface area contributed by atoms with Crippen molar-refractivity contribution in [2.75, 3.05) is 49.1 Å². The minimum absolute atomic E-state index is 0.0595. The first-order valence-electron chi connectivity index (χ1n) is 12.2. The van der Waals surface area contributed by atoms with Gasteiger partial charge in [-0.05, 0) is 50.1 Å². The highest BCUT2D eigenvalue weighted by Crippen LogP contribution is 2.32. The summed E-state index contributed by atoms with van der Waals surface area (Å²) >= 11 is 6.16. The number of rotatable bonds is 5. The number of aromatic nitrogens is 2. The quantitative estimate of drug-likeness (QED) is 0.511. The summed E-state index contributed by atoms with van der Waals surface area (Å²) in [5.74, 6) is 2.05. The predicted molar refractivity (Wildman–Crippen MR) is 138 cm³/mol. The van der Waals surface area contributed by atoms with Crippen molar-refractivity contribution in [3.8, 4) is 11.6 Å². The minimum atomic E-state index is -0.0595. The maximum absolute atomic E-state index is 13.4. The molecule has 1 aromatic heterocycles. The standard InChI is InChI=1S/C27H30ClN5O2/c1-20-7-9-24(10-8-20)35-26-25(29-11-12-30-26)33-13-3-4-21(19-33)27(34)32-16-14-31(15-17-32)23-6-2-5-22(28)18-23/h2,5-12,18,21H,3-4,13-17,19H2,1H3/t21-/m1/s1. The van der Waals surface area contributed by atoms with Gasteiger partial charge in [-0.25, -0.2) is 9.97 Å². The maximum Gasteiger partial charge on any atom is 0.263 e. The molecule has 35 heavy (non-hydrogen) atoms. The summed E-state index contributed by atoms with van der Waals surface area (Å²) in [6.07, 6.45) is 5.13. The van der Waals surface area contributed by atoms with E-state index in [0.717, 1.165) is 62.0 Å². The maximum atomic E-state index is 13.4. The molecule has 1 atom stereocenters. The fourth-order valence-corrected chi connectivity index (χ4v) is 5.00. The number of hydrogen-bond acceptors (Lipinski definition) is 6. The van der Waals surface area contributed by atoms with E-state index in [1.54, 1.807) is 12.4 Å². The van der Waals surface area contributed by atoms with Gasteiger partial charge in [-0.15, -0.1) is 0 Å². The first-order chi connectivity index (χ1) is 17.1. The second-order valence-corrected chi connectivity index (χ2v) is 9.61. The van der Waals surface area contributed by atoms with Gasteiger partial charge in [-0.1, -0.05) is 35.4 Å². The zero-order valence-electron chi connectivity index (χ0n) is 19.9. The third-order valence-electron chi connectivity index (χ3n) is 6.72. The van der Waals surface area contributed by atoms with Gasteiger partial charge in [0.15, 0.2) is 5.82 Å². The molecule has 2 aliphatic heterocycles. The number of benzene rings is 2. The number of hydrogen-bond donors (Lipinski definition) is 0. The summed E-state index contributed by atoms with van der Waals surface area (Å²) in [4.78, 5) is 28.9. The summed E-state index contributed by atoms with van der Waals surface area (Å²) in [6, 6.07) is 15.8. The molecule has 3 heterocycles. The van der Waals surface area contributed by atoms with E-state index in [9.17, 15) is 4.79 Å². The van der Waals surface area contributed by atoms with Crippen LogP contribution in [0, 0.1) is 12.8 Å². The number of anilines is 2. The minimum Gasteiger partial charge on any atom is -0.436 e. The van der Waals surface area contributed by atoms with Crippen molar-refractivity contribution in [2.24, 2.45) is 5.92 Å². The Balaban J connectivity index is 1.23. The molecular weight excluding hydrogens is 462 g/mol. The lowest BCUT2D eigenvalue weighted by Crippen LogP contribution is -2.52. The van der Waals surface area contributed by atoms with Gasteiger partial charge in [0.25, 0.3) is 5.88 Å². The van der Waals surface area contributed by atoms with Crippen molar-refractivity contribution in [1.82, 2.24) is 14.9 Å². The lowest BCUT2D eigenvalue weighted by atomic mass is 9.96.